The van der Waals surface area contributed by atoms with E-state index in [-0.39, 0.29) is 24.9 Å². The predicted octanol–water partition coefficient (Wildman–Crippen LogP) is 5.09. The highest BCUT2D eigenvalue weighted by atomic mass is 19.4. The number of nitrogens with one attached hydrogen (secondary N) is 1. The van der Waals surface area contributed by atoms with Gasteiger partial charge in [-0.1, -0.05) is 18.2 Å². The number of rotatable bonds is 6. The smallest absolute Gasteiger partial charge is 0.310 e. The molecule has 0 heterocycles. The summed E-state index contributed by atoms with van der Waals surface area (Å²) in [5, 5.41) is 2.83. The second-order valence-electron chi connectivity index (χ2n) is 4.83. The van der Waals surface area contributed by atoms with E-state index in [1.54, 1.807) is 6.92 Å². The Morgan fingerprint density at radius 2 is 1.62 bits per heavy atom. The fourth-order valence-electron chi connectivity index (χ4n) is 2.01. The van der Waals surface area contributed by atoms with Gasteiger partial charge in [0, 0.05) is 12.5 Å². The van der Waals surface area contributed by atoms with Crippen LogP contribution in [0.15, 0.2) is 24.3 Å². The summed E-state index contributed by atoms with van der Waals surface area (Å²) >= 11 is 0. The zero-order valence-corrected chi connectivity index (χ0v) is 11.5. The van der Waals surface area contributed by atoms with Crippen LogP contribution in [0.4, 0.5) is 26.3 Å². The minimum atomic E-state index is -4.44. The molecule has 0 radical (unpaired) electrons. The molecule has 1 atom stereocenters. The van der Waals surface area contributed by atoms with Crippen LogP contribution in [-0.4, -0.2) is 12.7 Å². The molecular weight excluding hydrogens is 296 g/mol. The normalized spacial score (nSPS) is 14.2. The summed E-state index contributed by atoms with van der Waals surface area (Å²) in [6, 6.07) is 4.61. The van der Waals surface area contributed by atoms with Crippen molar-refractivity contribution in [3.8, 4) is 0 Å². The number of alkyl halides is 6. The van der Waals surface area contributed by atoms with Crippen LogP contribution in [0.5, 0.6) is 0 Å². The van der Waals surface area contributed by atoms with Crippen LogP contribution >= 0.6 is 0 Å². The first-order chi connectivity index (χ1) is 9.61. The summed E-state index contributed by atoms with van der Waals surface area (Å²) < 4.78 is 74.3. The van der Waals surface area contributed by atoms with Crippen LogP contribution in [0.2, 0.25) is 0 Å². The monoisotopic (exact) mass is 313 g/mol. The van der Waals surface area contributed by atoms with Gasteiger partial charge in [-0.2, -0.15) is 26.3 Å². The van der Waals surface area contributed by atoms with Gasteiger partial charge in [0.1, 0.15) is 0 Å². The third-order valence-electron chi connectivity index (χ3n) is 3.07. The second kappa shape index (κ2) is 7.15. The van der Waals surface area contributed by atoms with Crippen LogP contribution in [0.1, 0.15) is 43.4 Å². The number of benzene rings is 1. The quantitative estimate of drug-likeness (QED) is 0.570. The van der Waals surface area contributed by atoms with Gasteiger partial charge in [-0.3, -0.25) is 0 Å². The van der Waals surface area contributed by atoms with Crippen molar-refractivity contribution in [3.05, 3.63) is 35.4 Å². The van der Waals surface area contributed by atoms with Crippen LogP contribution in [0.3, 0.4) is 0 Å². The van der Waals surface area contributed by atoms with Crippen LogP contribution in [-0.2, 0) is 6.18 Å². The van der Waals surface area contributed by atoms with E-state index < -0.39 is 30.4 Å². The van der Waals surface area contributed by atoms with E-state index in [1.165, 1.54) is 18.2 Å². The van der Waals surface area contributed by atoms with Gasteiger partial charge in [-0.25, -0.2) is 0 Å². The number of hydrogen-bond donors (Lipinski definition) is 1. The van der Waals surface area contributed by atoms with Crippen LogP contribution in [0.25, 0.3) is 0 Å². The molecule has 21 heavy (non-hydrogen) atoms. The van der Waals surface area contributed by atoms with Gasteiger partial charge in [0.25, 0.3) is 0 Å². The molecule has 1 rings (SSSR count). The van der Waals surface area contributed by atoms with Crippen molar-refractivity contribution >= 4 is 0 Å². The Morgan fingerprint density at radius 1 is 1.00 bits per heavy atom. The van der Waals surface area contributed by atoms with Crippen molar-refractivity contribution in [1.29, 1.82) is 0 Å². The molecule has 1 aromatic rings. The average Bonchev–Trinajstić information content (AvgIpc) is 2.35. The van der Waals surface area contributed by atoms with Gasteiger partial charge < -0.3 is 5.32 Å². The Labute approximate surface area is 119 Å². The number of hydrogen-bond acceptors (Lipinski definition) is 1. The highest BCUT2D eigenvalue weighted by molar-refractivity contribution is 5.31. The molecule has 0 aliphatic rings. The first-order valence-corrected chi connectivity index (χ1v) is 6.57. The molecule has 0 fully saturated rings. The summed E-state index contributed by atoms with van der Waals surface area (Å²) in [4.78, 5) is 0. The minimum absolute atomic E-state index is 0.0376. The van der Waals surface area contributed by atoms with E-state index in [2.05, 4.69) is 5.32 Å². The van der Waals surface area contributed by atoms with Gasteiger partial charge in [0.05, 0.1) is 5.56 Å². The molecule has 0 spiro atoms. The summed E-state index contributed by atoms with van der Waals surface area (Å²) in [7, 11) is 0. The van der Waals surface area contributed by atoms with E-state index in [4.69, 9.17) is 0 Å². The van der Waals surface area contributed by atoms with Gasteiger partial charge in [-0.05, 0) is 37.9 Å². The molecule has 0 amide bonds. The molecule has 0 aromatic heterocycles. The third-order valence-corrected chi connectivity index (χ3v) is 3.07. The third kappa shape index (κ3) is 6.37. The Kier molecular flexibility index (Phi) is 6.07. The molecule has 0 aliphatic carbocycles. The van der Waals surface area contributed by atoms with Gasteiger partial charge >= 0.3 is 12.4 Å². The summed E-state index contributed by atoms with van der Waals surface area (Å²) in [6.45, 7) is 1.80. The predicted molar refractivity (Wildman–Crippen MR) is 67.8 cm³/mol. The molecular formula is C14H17F6N. The SMILES string of the molecule is CC(NCCCCC(F)(F)F)c1ccccc1C(F)(F)F. The van der Waals surface area contributed by atoms with E-state index >= 15 is 0 Å². The zero-order valence-electron chi connectivity index (χ0n) is 11.5. The van der Waals surface area contributed by atoms with Crippen molar-refractivity contribution in [3.63, 3.8) is 0 Å². The standard InChI is InChI=1S/C14H17F6N/c1-10(21-9-5-4-8-13(15,16)17)11-6-2-3-7-12(11)14(18,19)20/h2-3,6-7,10,21H,4-5,8-9H2,1H3. The molecule has 7 heteroatoms. The Balaban J connectivity index is 2.51. The maximum absolute atomic E-state index is 12.8. The molecule has 1 aromatic carbocycles. The first-order valence-electron chi connectivity index (χ1n) is 6.57. The minimum Gasteiger partial charge on any atom is -0.310 e. The molecule has 120 valence electrons. The first kappa shape index (κ1) is 17.8. The Morgan fingerprint density at radius 3 is 2.19 bits per heavy atom. The van der Waals surface area contributed by atoms with Crippen LogP contribution in [0, 0.1) is 0 Å². The van der Waals surface area contributed by atoms with Gasteiger partial charge in [0.15, 0.2) is 0 Å². The van der Waals surface area contributed by atoms with Crippen LogP contribution < -0.4 is 5.32 Å². The molecule has 1 N–H and O–H groups in total. The van der Waals surface area contributed by atoms with E-state index in [1.807, 2.05) is 0 Å². The molecule has 0 saturated heterocycles. The lowest BCUT2D eigenvalue weighted by atomic mass is 10.0. The van der Waals surface area contributed by atoms with Gasteiger partial charge in [-0.15, -0.1) is 0 Å². The average molecular weight is 313 g/mol. The van der Waals surface area contributed by atoms with Crippen molar-refractivity contribution in [2.45, 2.75) is 44.6 Å². The fourth-order valence-corrected chi connectivity index (χ4v) is 2.01. The summed E-state index contributed by atoms with van der Waals surface area (Å²) in [5.74, 6) is 0. The highest BCUT2D eigenvalue weighted by Crippen LogP contribution is 2.34. The molecule has 0 saturated carbocycles. The largest absolute Gasteiger partial charge is 0.416 e. The Hall–Kier alpha value is -1.24. The van der Waals surface area contributed by atoms with Gasteiger partial charge in [0.2, 0.25) is 0 Å². The lowest BCUT2D eigenvalue weighted by Crippen LogP contribution is -2.23. The summed E-state index contributed by atoms with van der Waals surface area (Å²) in [5.41, 5.74) is -0.624. The van der Waals surface area contributed by atoms with E-state index in [9.17, 15) is 26.3 Å². The maximum atomic E-state index is 12.8. The number of unbranched alkanes of at least 4 members (excludes halogenated alkanes) is 1. The molecule has 1 unspecified atom stereocenters. The Bertz CT molecular complexity index is 438. The van der Waals surface area contributed by atoms with Crippen molar-refractivity contribution in [2.24, 2.45) is 0 Å². The summed E-state index contributed by atoms with van der Waals surface area (Å²) in [6.07, 6.45) is -9.28. The molecule has 1 nitrogen and oxygen atoms in total. The number of halogens is 6. The van der Waals surface area contributed by atoms with Crippen molar-refractivity contribution in [1.82, 2.24) is 5.32 Å². The zero-order chi connectivity index (χ0) is 16.1. The van der Waals surface area contributed by atoms with E-state index in [0.717, 1.165) is 6.07 Å². The fraction of sp³-hybridized carbons (Fsp3) is 0.571. The highest BCUT2D eigenvalue weighted by Gasteiger charge is 2.34. The molecule has 0 aliphatic heterocycles. The molecule has 0 bridgehead atoms. The lowest BCUT2D eigenvalue weighted by Gasteiger charge is -2.19. The lowest BCUT2D eigenvalue weighted by molar-refractivity contribution is -0.138. The topological polar surface area (TPSA) is 12.0 Å². The maximum Gasteiger partial charge on any atom is 0.416 e. The van der Waals surface area contributed by atoms with Crippen molar-refractivity contribution in [2.75, 3.05) is 6.54 Å². The van der Waals surface area contributed by atoms with E-state index in [0.29, 0.717) is 0 Å². The second-order valence-corrected chi connectivity index (χ2v) is 4.83. The van der Waals surface area contributed by atoms with Crippen molar-refractivity contribution < 1.29 is 26.3 Å².